The van der Waals surface area contributed by atoms with Crippen molar-refractivity contribution in [1.29, 1.82) is 0 Å². The van der Waals surface area contributed by atoms with Crippen LogP contribution in [0, 0.1) is 0 Å². The van der Waals surface area contributed by atoms with Crippen LogP contribution in [0.3, 0.4) is 0 Å². The zero-order valence-corrected chi connectivity index (χ0v) is 11.8. The molecule has 3 heterocycles. The SMILES string of the molecule is CN1[C@@H]2CC[C@H]1CC(OC(=O)[C@@H]1CCSS1)C2. The Balaban J connectivity index is 1.54. The largest absolute Gasteiger partial charge is 0.461 e. The molecule has 4 atom stereocenters. The molecule has 0 amide bonds. The summed E-state index contributed by atoms with van der Waals surface area (Å²) in [5.41, 5.74) is 0. The van der Waals surface area contributed by atoms with E-state index in [-0.39, 0.29) is 17.3 Å². The molecule has 3 fully saturated rings. The third kappa shape index (κ3) is 2.47. The molecule has 3 aliphatic rings. The number of hydrogen-bond donors (Lipinski definition) is 0. The van der Waals surface area contributed by atoms with Gasteiger partial charge in [0.1, 0.15) is 11.4 Å². The van der Waals surface area contributed by atoms with Gasteiger partial charge in [-0.25, -0.2) is 0 Å². The van der Waals surface area contributed by atoms with Crippen molar-refractivity contribution < 1.29 is 9.53 Å². The summed E-state index contributed by atoms with van der Waals surface area (Å²) in [6, 6.07) is 1.30. The van der Waals surface area contributed by atoms with Crippen molar-refractivity contribution in [2.75, 3.05) is 12.8 Å². The molecule has 5 heteroatoms. The molecule has 0 spiro atoms. The maximum Gasteiger partial charge on any atom is 0.320 e. The minimum atomic E-state index is 0.0361. The first-order valence-electron chi connectivity index (χ1n) is 6.45. The molecule has 3 nitrogen and oxygen atoms in total. The number of nitrogens with zero attached hydrogens (tertiary/aromatic N) is 1. The summed E-state index contributed by atoms with van der Waals surface area (Å²) in [6.07, 6.45) is 5.81. The van der Waals surface area contributed by atoms with E-state index in [2.05, 4.69) is 11.9 Å². The highest BCUT2D eigenvalue weighted by atomic mass is 33.1. The Labute approximate surface area is 110 Å². The number of carbonyl (C=O) groups excluding carboxylic acids is 1. The zero-order chi connectivity index (χ0) is 11.8. The van der Waals surface area contributed by atoms with E-state index in [9.17, 15) is 4.79 Å². The van der Waals surface area contributed by atoms with Crippen molar-refractivity contribution in [3.8, 4) is 0 Å². The summed E-state index contributed by atoms with van der Waals surface area (Å²) in [7, 11) is 5.69. The lowest BCUT2D eigenvalue weighted by atomic mass is 10.0. The minimum Gasteiger partial charge on any atom is -0.461 e. The Kier molecular flexibility index (Phi) is 3.59. The highest BCUT2D eigenvalue weighted by Crippen LogP contribution is 2.40. The maximum absolute atomic E-state index is 12.0. The van der Waals surface area contributed by atoms with Gasteiger partial charge in [0.2, 0.25) is 0 Å². The second-order valence-electron chi connectivity index (χ2n) is 5.28. The van der Waals surface area contributed by atoms with E-state index in [0.717, 1.165) is 25.0 Å². The summed E-state index contributed by atoms with van der Waals surface area (Å²) in [6.45, 7) is 0. The van der Waals surface area contributed by atoms with Gasteiger partial charge in [-0.1, -0.05) is 21.6 Å². The van der Waals surface area contributed by atoms with Crippen molar-refractivity contribution in [2.45, 2.75) is 55.5 Å². The monoisotopic (exact) mass is 273 g/mol. The van der Waals surface area contributed by atoms with Gasteiger partial charge in [-0.15, -0.1) is 0 Å². The number of piperidine rings is 1. The van der Waals surface area contributed by atoms with Crippen LogP contribution in [-0.4, -0.2) is 47.1 Å². The molecular formula is C12H19NO2S2. The van der Waals surface area contributed by atoms with Gasteiger partial charge in [0, 0.05) is 17.8 Å². The highest BCUT2D eigenvalue weighted by molar-refractivity contribution is 8.77. The van der Waals surface area contributed by atoms with Crippen LogP contribution in [-0.2, 0) is 9.53 Å². The Morgan fingerprint density at radius 2 is 1.94 bits per heavy atom. The number of carbonyl (C=O) groups is 1. The molecule has 96 valence electrons. The van der Waals surface area contributed by atoms with Gasteiger partial charge in [0.05, 0.1) is 0 Å². The number of esters is 1. The third-order valence-corrected chi connectivity index (χ3v) is 7.05. The molecule has 0 aromatic heterocycles. The van der Waals surface area contributed by atoms with Gasteiger partial charge < -0.3 is 9.64 Å². The predicted molar refractivity (Wildman–Crippen MR) is 72.1 cm³/mol. The van der Waals surface area contributed by atoms with Gasteiger partial charge in [-0.2, -0.15) is 0 Å². The van der Waals surface area contributed by atoms with Crippen LogP contribution in [0.5, 0.6) is 0 Å². The van der Waals surface area contributed by atoms with Crippen molar-refractivity contribution in [1.82, 2.24) is 4.90 Å². The van der Waals surface area contributed by atoms with E-state index in [1.165, 1.54) is 12.8 Å². The quantitative estimate of drug-likeness (QED) is 0.569. The van der Waals surface area contributed by atoms with E-state index in [0.29, 0.717) is 12.1 Å². The van der Waals surface area contributed by atoms with E-state index >= 15 is 0 Å². The molecule has 1 unspecified atom stereocenters. The van der Waals surface area contributed by atoms with Crippen molar-refractivity contribution >= 4 is 27.6 Å². The Hall–Kier alpha value is 0.130. The van der Waals surface area contributed by atoms with Gasteiger partial charge in [-0.05, 0) is 39.2 Å². The topological polar surface area (TPSA) is 29.5 Å². The summed E-state index contributed by atoms with van der Waals surface area (Å²) in [4.78, 5) is 14.4. The standard InChI is InChI=1S/C12H19NO2S2/c1-13-8-2-3-9(13)7-10(6-8)15-12(14)11-4-5-16-17-11/h8-11H,2-7H2,1H3/t8-,9+,10?,11-/m0/s1. The number of ether oxygens (including phenoxy) is 1. The van der Waals surface area contributed by atoms with Crippen LogP contribution in [0.4, 0.5) is 0 Å². The first-order valence-corrected chi connectivity index (χ1v) is 8.83. The van der Waals surface area contributed by atoms with Crippen molar-refractivity contribution in [2.24, 2.45) is 0 Å². The van der Waals surface area contributed by atoms with Crippen LogP contribution in [0.15, 0.2) is 0 Å². The fraction of sp³-hybridized carbons (Fsp3) is 0.917. The van der Waals surface area contributed by atoms with Gasteiger partial charge >= 0.3 is 5.97 Å². The molecule has 3 saturated heterocycles. The van der Waals surface area contributed by atoms with Crippen LogP contribution in [0.2, 0.25) is 0 Å². The summed E-state index contributed by atoms with van der Waals surface area (Å²) in [5.74, 6) is 1.12. The molecule has 0 aliphatic carbocycles. The molecule has 0 aromatic rings. The number of hydrogen-bond acceptors (Lipinski definition) is 5. The molecule has 0 N–H and O–H groups in total. The van der Waals surface area contributed by atoms with E-state index < -0.39 is 0 Å². The van der Waals surface area contributed by atoms with Crippen LogP contribution in [0.25, 0.3) is 0 Å². The molecule has 3 rings (SSSR count). The summed E-state index contributed by atoms with van der Waals surface area (Å²) in [5, 5.41) is 0.0947. The zero-order valence-electron chi connectivity index (χ0n) is 10.1. The fourth-order valence-electron chi connectivity index (χ4n) is 3.19. The fourth-order valence-corrected chi connectivity index (χ4v) is 5.87. The Bertz CT molecular complexity index is 293. The highest BCUT2D eigenvalue weighted by Gasteiger charge is 2.40. The average molecular weight is 273 g/mol. The van der Waals surface area contributed by atoms with Crippen molar-refractivity contribution in [3.63, 3.8) is 0 Å². The van der Waals surface area contributed by atoms with E-state index in [4.69, 9.17) is 4.74 Å². The third-order valence-electron chi connectivity index (χ3n) is 4.25. The number of rotatable bonds is 2. The van der Waals surface area contributed by atoms with E-state index in [1.54, 1.807) is 21.6 Å². The lowest BCUT2D eigenvalue weighted by Crippen LogP contribution is -2.44. The first-order chi connectivity index (χ1) is 8.24. The predicted octanol–water partition coefficient (Wildman–Crippen LogP) is 2.31. The van der Waals surface area contributed by atoms with Gasteiger partial charge in [-0.3, -0.25) is 4.79 Å². The summed E-state index contributed by atoms with van der Waals surface area (Å²) < 4.78 is 5.70. The summed E-state index contributed by atoms with van der Waals surface area (Å²) >= 11 is 0. The number of fused-ring (bicyclic) bond motifs is 2. The normalized spacial score (nSPS) is 41.7. The minimum absolute atomic E-state index is 0.0361. The molecule has 0 radical (unpaired) electrons. The lowest BCUT2D eigenvalue weighted by molar-refractivity contribution is -0.151. The van der Waals surface area contributed by atoms with Gasteiger partial charge in [0.25, 0.3) is 0 Å². The second kappa shape index (κ2) is 5.02. The first kappa shape index (κ1) is 12.2. The molecule has 0 aromatic carbocycles. The Morgan fingerprint density at radius 1 is 1.24 bits per heavy atom. The molecule has 17 heavy (non-hydrogen) atoms. The maximum atomic E-state index is 12.0. The van der Waals surface area contributed by atoms with Crippen molar-refractivity contribution in [3.05, 3.63) is 0 Å². The van der Waals surface area contributed by atoms with Gasteiger partial charge in [0.15, 0.2) is 0 Å². The Morgan fingerprint density at radius 3 is 2.53 bits per heavy atom. The molecule has 2 bridgehead atoms. The molecular weight excluding hydrogens is 254 g/mol. The van der Waals surface area contributed by atoms with Crippen LogP contribution in [0.1, 0.15) is 32.1 Å². The van der Waals surface area contributed by atoms with E-state index in [1.807, 2.05) is 0 Å². The lowest BCUT2D eigenvalue weighted by Gasteiger charge is -2.36. The smallest absolute Gasteiger partial charge is 0.320 e. The molecule has 3 aliphatic heterocycles. The second-order valence-corrected chi connectivity index (χ2v) is 7.97. The molecule has 0 saturated carbocycles. The van der Waals surface area contributed by atoms with Crippen LogP contribution >= 0.6 is 21.6 Å². The van der Waals surface area contributed by atoms with Crippen LogP contribution < -0.4 is 0 Å². The average Bonchev–Trinajstić information content (AvgIpc) is 2.88.